The number of hydrogen-bond donors (Lipinski definition) is 1. The number of aldehydes is 1. The second kappa shape index (κ2) is 11.4. The monoisotopic (exact) mass is 370 g/mol. The van der Waals surface area contributed by atoms with Crippen molar-refractivity contribution in [1.82, 2.24) is 0 Å². The molecule has 0 saturated carbocycles. The van der Waals surface area contributed by atoms with Crippen molar-refractivity contribution < 1.29 is 22.6 Å². The highest BCUT2D eigenvalue weighted by atomic mass is 32.2. The summed E-state index contributed by atoms with van der Waals surface area (Å²) in [5.41, 5.74) is 0.159. The fraction of sp³-hybridized carbons (Fsp3) is 0.684. The highest BCUT2D eigenvalue weighted by Crippen LogP contribution is 2.25. The fourth-order valence-electron chi connectivity index (χ4n) is 3.14. The maximum Gasteiger partial charge on any atom is 0.279 e. The van der Waals surface area contributed by atoms with Crippen LogP contribution in [0.25, 0.3) is 0 Å². The van der Waals surface area contributed by atoms with Crippen LogP contribution in [0.15, 0.2) is 23.3 Å². The highest BCUT2D eigenvalue weighted by molar-refractivity contribution is 7.87. The SMILES string of the molecule is CCCCCCCCCCCCC1=CC=C(C=O)C(=O)C1S(=O)(=O)O. The minimum absolute atomic E-state index is 0.213. The first-order chi connectivity index (χ1) is 11.9. The number of rotatable bonds is 13. The summed E-state index contributed by atoms with van der Waals surface area (Å²) in [4.78, 5) is 22.8. The van der Waals surface area contributed by atoms with Gasteiger partial charge in [-0.25, -0.2) is 0 Å². The number of carbonyl (C=O) groups excluding carboxylic acids is 2. The van der Waals surface area contributed by atoms with Gasteiger partial charge in [0.05, 0.1) is 5.57 Å². The summed E-state index contributed by atoms with van der Waals surface area (Å²) >= 11 is 0. The van der Waals surface area contributed by atoms with Crippen LogP contribution >= 0.6 is 0 Å². The smallest absolute Gasteiger partial charge is 0.279 e. The molecule has 142 valence electrons. The van der Waals surface area contributed by atoms with Crippen LogP contribution < -0.4 is 0 Å². The van der Waals surface area contributed by atoms with E-state index < -0.39 is 21.2 Å². The number of allylic oxidation sites excluding steroid dienone is 3. The van der Waals surface area contributed by atoms with Gasteiger partial charge in [-0.05, 0) is 24.5 Å². The Labute approximate surface area is 151 Å². The summed E-state index contributed by atoms with van der Waals surface area (Å²) in [7, 11) is -4.55. The van der Waals surface area contributed by atoms with Gasteiger partial charge >= 0.3 is 0 Å². The molecule has 0 aromatic carbocycles. The third-order valence-corrected chi connectivity index (χ3v) is 5.69. The molecule has 25 heavy (non-hydrogen) atoms. The molecule has 1 N–H and O–H groups in total. The van der Waals surface area contributed by atoms with Gasteiger partial charge in [-0.1, -0.05) is 70.8 Å². The lowest BCUT2D eigenvalue weighted by Crippen LogP contribution is -2.35. The lowest BCUT2D eigenvalue weighted by Gasteiger charge is -2.19. The molecule has 0 aromatic heterocycles. The van der Waals surface area contributed by atoms with Crippen molar-refractivity contribution in [1.29, 1.82) is 0 Å². The number of ketones is 1. The Morgan fingerprint density at radius 2 is 1.48 bits per heavy atom. The zero-order chi connectivity index (χ0) is 18.7. The Hall–Kier alpha value is -1.27. The minimum atomic E-state index is -4.55. The standard InChI is InChI=1S/C19H30O5S/c1-2-3-4-5-6-7-8-9-10-11-12-16-13-14-17(15-20)18(21)19(16)25(22,23)24/h13-15,19H,2-12H2,1H3,(H,22,23,24). The molecule has 1 aliphatic rings. The van der Waals surface area contributed by atoms with Crippen LogP contribution in [-0.4, -0.2) is 30.3 Å². The molecular weight excluding hydrogens is 340 g/mol. The second-order valence-corrected chi connectivity index (χ2v) is 8.17. The molecule has 0 aliphatic heterocycles. The molecule has 0 heterocycles. The highest BCUT2D eigenvalue weighted by Gasteiger charge is 2.37. The molecule has 0 fully saturated rings. The molecule has 5 nitrogen and oxygen atoms in total. The molecule has 1 rings (SSSR count). The third kappa shape index (κ3) is 7.65. The Bertz CT molecular complexity index is 601. The van der Waals surface area contributed by atoms with Gasteiger partial charge in [0.2, 0.25) is 0 Å². The first-order valence-electron chi connectivity index (χ1n) is 9.28. The summed E-state index contributed by atoms with van der Waals surface area (Å²) in [5, 5.41) is -1.61. The van der Waals surface area contributed by atoms with Crippen molar-refractivity contribution in [2.45, 2.75) is 82.8 Å². The second-order valence-electron chi connectivity index (χ2n) is 6.67. The Kier molecular flexibility index (Phi) is 9.90. The first-order valence-corrected chi connectivity index (χ1v) is 10.8. The van der Waals surface area contributed by atoms with E-state index in [0.717, 1.165) is 19.3 Å². The molecule has 1 unspecified atom stereocenters. The van der Waals surface area contributed by atoms with E-state index in [1.807, 2.05) is 0 Å². The maximum atomic E-state index is 12.0. The van der Waals surface area contributed by atoms with E-state index >= 15 is 0 Å². The molecule has 0 spiro atoms. The van der Waals surface area contributed by atoms with Crippen LogP contribution in [0, 0.1) is 0 Å². The van der Waals surface area contributed by atoms with E-state index in [1.54, 1.807) is 0 Å². The zero-order valence-electron chi connectivity index (χ0n) is 15.1. The van der Waals surface area contributed by atoms with E-state index in [0.29, 0.717) is 18.3 Å². The number of carbonyl (C=O) groups is 2. The quantitative estimate of drug-likeness (QED) is 0.227. The number of hydrogen-bond acceptors (Lipinski definition) is 4. The average Bonchev–Trinajstić information content (AvgIpc) is 2.55. The number of Topliss-reactive ketones (excluding diaryl/α,β-unsaturated/α-hetero) is 1. The largest absolute Gasteiger partial charge is 0.298 e. The van der Waals surface area contributed by atoms with E-state index in [1.165, 1.54) is 57.1 Å². The van der Waals surface area contributed by atoms with Crippen molar-refractivity contribution in [3.05, 3.63) is 23.3 Å². The Morgan fingerprint density at radius 1 is 0.960 bits per heavy atom. The van der Waals surface area contributed by atoms with Gasteiger partial charge < -0.3 is 0 Å². The molecule has 0 aromatic rings. The van der Waals surface area contributed by atoms with E-state index in [4.69, 9.17) is 0 Å². The van der Waals surface area contributed by atoms with Crippen molar-refractivity contribution >= 4 is 22.2 Å². The molecule has 1 aliphatic carbocycles. The van der Waals surface area contributed by atoms with E-state index in [-0.39, 0.29) is 5.57 Å². The predicted octanol–water partition coefficient (Wildman–Crippen LogP) is 4.19. The average molecular weight is 371 g/mol. The van der Waals surface area contributed by atoms with Crippen LogP contribution in [0.1, 0.15) is 77.6 Å². The van der Waals surface area contributed by atoms with Crippen LogP contribution in [0.3, 0.4) is 0 Å². The summed E-state index contributed by atoms with van der Waals surface area (Å²) in [6.07, 6.45) is 15.2. The Morgan fingerprint density at radius 3 is 1.96 bits per heavy atom. The summed E-state index contributed by atoms with van der Waals surface area (Å²) in [6.45, 7) is 2.21. The molecule has 6 heteroatoms. The molecule has 0 saturated heterocycles. The lowest BCUT2D eigenvalue weighted by molar-refractivity contribution is -0.117. The fourth-order valence-corrected chi connectivity index (χ4v) is 4.13. The van der Waals surface area contributed by atoms with Crippen LogP contribution in [0.5, 0.6) is 0 Å². The van der Waals surface area contributed by atoms with Gasteiger partial charge in [0, 0.05) is 0 Å². The van der Waals surface area contributed by atoms with Crippen molar-refractivity contribution in [3.63, 3.8) is 0 Å². The van der Waals surface area contributed by atoms with Gasteiger partial charge in [0.25, 0.3) is 10.1 Å². The number of unbranched alkanes of at least 4 members (excludes halogenated alkanes) is 9. The molecular formula is C19H30O5S. The molecule has 0 radical (unpaired) electrons. The van der Waals surface area contributed by atoms with Gasteiger partial charge in [-0.2, -0.15) is 8.42 Å². The van der Waals surface area contributed by atoms with Crippen molar-refractivity contribution in [2.75, 3.05) is 0 Å². The maximum absolute atomic E-state index is 12.0. The van der Waals surface area contributed by atoms with Gasteiger partial charge in [0.1, 0.15) is 0 Å². The van der Waals surface area contributed by atoms with Crippen LogP contribution in [-0.2, 0) is 19.7 Å². The van der Waals surface area contributed by atoms with E-state index in [9.17, 15) is 22.6 Å². The van der Waals surface area contributed by atoms with Gasteiger partial charge in [0.15, 0.2) is 17.3 Å². The van der Waals surface area contributed by atoms with Crippen LogP contribution in [0.4, 0.5) is 0 Å². The topological polar surface area (TPSA) is 88.5 Å². The normalized spacial score (nSPS) is 18.0. The first kappa shape index (κ1) is 21.8. The van der Waals surface area contributed by atoms with Crippen molar-refractivity contribution in [3.8, 4) is 0 Å². The summed E-state index contributed by atoms with van der Waals surface area (Å²) in [6, 6.07) is 0. The summed E-state index contributed by atoms with van der Waals surface area (Å²) in [5.74, 6) is -0.831. The van der Waals surface area contributed by atoms with E-state index in [2.05, 4.69) is 6.92 Å². The van der Waals surface area contributed by atoms with Gasteiger partial charge in [-0.15, -0.1) is 0 Å². The lowest BCUT2D eigenvalue weighted by atomic mass is 9.93. The molecule has 0 amide bonds. The third-order valence-electron chi connectivity index (χ3n) is 4.58. The molecule has 0 bridgehead atoms. The Balaban J connectivity index is 2.35. The minimum Gasteiger partial charge on any atom is -0.298 e. The van der Waals surface area contributed by atoms with Gasteiger partial charge in [-0.3, -0.25) is 14.1 Å². The predicted molar refractivity (Wildman–Crippen MR) is 99.0 cm³/mol. The molecule has 1 atom stereocenters. The summed E-state index contributed by atoms with van der Waals surface area (Å²) < 4.78 is 32.3. The van der Waals surface area contributed by atoms with Crippen LogP contribution in [0.2, 0.25) is 0 Å². The van der Waals surface area contributed by atoms with Crippen molar-refractivity contribution in [2.24, 2.45) is 0 Å². The zero-order valence-corrected chi connectivity index (χ0v) is 15.9.